The molecule has 1 aromatic heterocycles. The Balaban J connectivity index is 2.14. The Hall–Kier alpha value is -1.65. The highest BCUT2D eigenvalue weighted by Gasteiger charge is 2.46. The number of carboxylic acids is 1. The smallest absolute Gasteiger partial charge is 0.307 e. The summed E-state index contributed by atoms with van der Waals surface area (Å²) in [5, 5.41) is 12.7. The van der Waals surface area contributed by atoms with Crippen molar-refractivity contribution >= 4 is 11.9 Å². The van der Waals surface area contributed by atoms with Gasteiger partial charge in [0.05, 0.1) is 5.92 Å². The average molecular weight is 277 g/mol. The number of aliphatic carboxylic acids is 1. The minimum Gasteiger partial charge on any atom is -0.481 e. The summed E-state index contributed by atoms with van der Waals surface area (Å²) in [7, 11) is 0. The highest BCUT2D eigenvalue weighted by molar-refractivity contribution is 5.71. The van der Waals surface area contributed by atoms with Crippen LogP contribution in [0.4, 0.5) is 5.95 Å². The van der Waals surface area contributed by atoms with Crippen LogP contribution in [0.2, 0.25) is 0 Å². The second-order valence-corrected chi connectivity index (χ2v) is 6.35. The molecule has 0 aliphatic heterocycles. The molecule has 110 valence electrons. The zero-order chi connectivity index (χ0) is 14.9. The van der Waals surface area contributed by atoms with Crippen molar-refractivity contribution in [1.29, 1.82) is 0 Å². The Morgan fingerprint density at radius 3 is 2.75 bits per heavy atom. The molecule has 3 unspecified atom stereocenters. The van der Waals surface area contributed by atoms with Crippen molar-refractivity contribution < 1.29 is 9.90 Å². The number of aryl methyl sites for hydroxylation is 1. The summed E-state index contributed by atoms with van der Waals surface area (Å²) in [6.07, 6.45) is 3.26. The lowest BCUT2D eigenvalue weighted by Gasteiger charge is -2.46. The Bertz CT molecular complexity index is 502. The van der Waals surface area contributed by atoms with E-state index in [1.165, 1.54) is 0 Å². The molecule has 3 atom stereocenters. The number of hydrogen-bond acceptors (Lipinski definition) is 4. The molecule has 2 rings (SSSR count). The summed E-state index contributed by atoms with van der Waals surface area (Å²) in [5.74, 6) is -0.103. The molecule has 0 bridgehead atoms. The summed E-state index contributed by atoms with van der Waals surface area (Å²) in [4.78, 5) is 20.0. The number of anilines is 1. The third-order valence-electron chi connectivity index (χ3n) is 4.85. The van der Waals surface area contributed by atoms with E-state index in [0.29, 0.717) is 12.4 Å². The van der Waals surface area contributed by atoms with Gasteiger partial charge in [-0.05, 0) is 37.2 Å². The predicted molar refractivity (Wildman–Crippen MR) is 77.5 cm³/mol. The van der Waals surface area contributed by atoms with E-state index in [9.17, 15) is 9.90 Å². The molecule has 0 aromatic carbocycles. The first-order chi connectivity index (χ1) is 9.32. The maximum Gasteiger partial charge on any atom is 0.307 e. The zero-order valence-electron chi connectivity index (χ0n) is 12.6. The lowest BCUT2D eigenvalue weighted by Crippen LogP contribution is -2.48. The lowest BCUT2D eigenvalue weighted by atomic mass is 9.61. The second-order valence-electron chi connectivity index (χ2n) is 6.35. The van der Waals surface area contributed by atoms with Crippen LogP contribution < -0.4 is 5.32 Å². The van der Waals surface area contributed by atoms with Gasteiger partial charge in [-0.2, -0.15) is 0 Å². The third kappa shape index (κ3) is 2.76. The molecular weight excluding hydrogens is 254 g/mol. The number of nitrogens with zero attached hydrogens (tertiary/aromatic N) is 2. The van der Waals surface area contributed by atoms with Crippen LogP contribution in [-0.2, 0) is 4.79 Å². The van der Waals surface area contributed by atoms with Crippen molar-refractivity contribution in [1.82, 2.24) is 9.97 Å². The topological polar surface area (TPSA) is 75.1 Å². The Morgan fingerprint density at radius 2 is 2.15 bits per heavy atom. The van der Waals surface area contributed by atoms with E-state index in [-0.39, 0.29) is 23.3 Å². The lowest BCUT2D eigenvalue weighted by molar-refractivity contribution is -0.149. The summed E-state index contributed by atoms with van der Waals surface area (Å²) in [6, 6.07) is 2.07. The fraction of sp³-hybridized carbons (Fsp3) is 0.667. The van der Waals surface area contributed by atoms with Gasteiger partial charge < -0.3 is 10.4 Å². The van der Waals surface area contributed by atoms with Crippen LogP contribution in [0.25, 0.3) is 0 Å². The molecular formula is C15H23N3O2. The fourth-order valence-electron chi connectivity index (χ4n) is 3.13. The van der Waals surface area contributed by atoms with E-state index in [2.05, 4.69) is 22.2 Å². The molecule has 1 aromatic rings. The van der Waals surface area contributed by atoms with Crippen LogP contribution in [0.5, 0.6) is 0 Å². The standard InChI is InChI=1S/C15H23N3O2/c1-9-7-8-16-14(17-9)18-12-6-5-11(13(19)20)15(3,4)10(12)2/h7-8,10-12H,5-6H2,1-4H3,(H,19,20)(H,16,17,18). The SMILES string of the molecule is Cc1ccnc(NC2CCC(C(=O)O)C(C)(C)C2C)n1. The van der Waals surface area contributed by atoms with Crippen molar-refractivity contribution in [2.75, 3.05) is 5.32 Å². The first-order valence-electron chi connectivity index (χ1n) is 7.11. The minimum absolute atomic E-state index is 0.211. The van der Waals surface area contributed by atoms with E-state index in [1.807, 2.05) is 26.8 Å². The molecule has 1 fully saturated rings. The van der Waals surface area contributed by atoms with E-state index in [1.54, 1.807) is 6.20 Å². The van der Waals surface area contributed by atoms with E-state index >= 15 is 0 Å². The molecule has 1 saturated carbocycles. The van der Waals surface area contributed by atoms with Gasteiger partial charge in [-0.1, -0.05) is 20.8 Å². The van der Waals surface area contributed by atoms with Crippen molar-refractivity contribution in [3.05, 3.63) is 18.0 Å². The molecule has 0 spiro atoms. The van der Waals surface area contributed by atoms with Gasteiger partial charge in [0, 0.05) is 17.9 Å². The third-order valence-corrected chi connectivity index (χ3v) is 4.85. The second kappa shape index (κ2) is 5.38. The minimum atomic E-state index is -0.688. The quantitative estimate of drug-likeness (QED) is 0.888. The van der Waals surface area contributed by atoms with Gasteiger partial charge in [0.25, 0.3) is 0 Å². The Labute approximate surface area is 119 Å². The summed E-state index contributed by atoms with van der Waals surface area (Å²) < 4.78 is 0. The summed E-state index contributed by atoms with van der Waals surface area (Å²) >= 11 is 0. The Kier molecular flexibility index (Phi) is 3.97. The average Bonchev–Trinajstić information content (AvgIpc) is 2.34. The number of carboxylic acid groups (broad SMARTS) is 1. The van der Waals surface area contributed by atoms with Crippen molar-refractivity contribution in [3.63, 3.8) is 0 Å². The Morgan fingerprint density at radius 1 is 1.45 bits per heavy atom. The molecule has 0 amide bonds. The van der Waals surface area contributed by atoms with Crippen molar-refractivity contribution in [2.45, 2.75) is 46.6 Å². The van der Waals surface area contributed by atoms with Gasteiger partial charge in [0.1, 0.15) is 0 Å². The first-order valence-corrected chi connectivity index (χ1v) is 7.11. The molecule has 0 saturated heterocycles. The van der Waals surface area contributed by atoms with Crippen LogP contribution in [0.3, 0.4) is 0 Å². The number of carbonyl (C=O) groups is 1. The summed E-state index contributed by atoms with van der Waals surface area (Å²) in [5.41, 5.74) is 0.680. The maximum absolute atomic E-state index is 11.4. The van der Waals surface area contributed by atoms with Crippen LogP contribution in [0.1, 0.15) is 39.3 Å². The monoisotopic (exact) mass is 277 g/mol. The molecule has 20 heavy (non-hydrogen) atoms. The molecule has 1 aliphatic carbocycles. The number of nitrogens with one attached hydrogen (secondary N) is 1. The van der Waals surface area contributed by atoms with E-state index in [0.717, 1.165) is 12.1 Å². The molecule has 2 N–H and O–H groups in total. The normalized spacial score (nSPS) is 28.9. The van der Waals surface area contributed by atoms with Crippen molar-refractivity contribution in [3.8, 4) is 0 Å². The predicted octanol–water partition coefficient (Wildman–Crippen LogP) is 2.72. The van der Waals surface area contributed by atoms with Gasteiger partial charge in [0.2, 0.25) is 5.95 Å². The summed E-state index contributed by atoms with van der Waals surface area (Å²) in [6.45, 7) is 8.13. The maximum atomic E-state index is 11.4. The number of hydrogen-bond donors (Lipinski definition) is 2. The van der Waals surface area contributed by atoms with Crippen molar-refractivity contribution in [2.24, 2.45) is 17.3 Å². The van der Waals surface area contributed by atoms with Gasteiger partial charge in [-0.25, -0.2) is 9.97 Å². The van der Waals surface area contributed by atoms with Crippen LogP contribution in [-0.4, -0.2) is 27.1 Å². The molecule has 5 heteroatoms. The van der Waals surface area contributed by atoms with Gasteiger partial charge in [-0.15, -0.1) is 0 Å². The number of aromatic nitrogens is 2. The van der Waals surface area contributed by atoms with Gasteiger partial charge >= 0.3 is 5.97 Å². The van der Waals surface area contributed by atoms with Crippen LogP contribution >= 0.6 is 0 Å². The largest absolute Gasteiger partial charge is 0.481 e. The number of rotatable bonds is 3. The fourth-order valence-corrected chi connectivity index (χ4v) is 3.13. The highest BCUT2D eigenvalue weighted by atomic mass is 16.4. The molecule has 1 aliphatic rings. The zero-order valence-corrected chi connectivity index (χ0v) is 12.6. The van der Waals surface area contributed by atoms with E-state index in [4.69, 9.17) is 0 Å². The highest BCUT2D eigenvalue weighted by Crippen LogP contribution is 2.45. The molecule has 1 heterocycles. The van der Waals surface area contributed by atoms with Gasteiger partial charge in [0.15, 0.2) is 0 Å². The molecule has 5 nitrogen and oxygen atoms in total. The molecule has 0 radical (unpaired) electrons. The first kappa shape index (κ1) is 14.8. The van der Waals surface area contributed by atoms with E-state index < -0.39 is 5.97 Å². The van der Waals surface area contributed by atoms with Crippen LogP contribution in [0, 0.1) is 24.2 Å². The van der Waals surface area contributed by atoms with Crippen LogP contribution in [0.15, 0.2) is 12.3 Å². The van der Waals surface area contributed by atoms with Gasteiger partial charge in [-0.3, -0.25) is 4.79 Å².